The summed E-state index contributed by atoms with van der Waals surface area (Å²) in [7, 11) is 1.80. The van der Waals surface area contributed by atoms with Crippen molar-refractivity contribution in [3.63, 3.8) is 0 Å². The summed E-state index contributed by atoms with van der Waals surface area (Å²) in [4.78, 5) is 9.51. The van der Waals surface area contributed by atoms with E-state index in [-0.39, 0.29) is 0 Å². The molecule has 0 amide bonds. The Labute approximate surface area is 225 Å². The van der Waals surface area contributed by atoms with Gasteiger partial charge < -0.3 is 11.1 Å². The van der Waals surface area contributed by atoms with Gasteiger partial charge in [-0.1, -0.05) is 109 Å². The number of nitrogens with two attached hydrogens (primary N) is 1. The maximum Gasteiger partial charge on any atom is 0.134 e. The van der Waals surface area contributed by atoms with Gasteiger partial charge in [-0.15, -0.1) is 0 Å². The maximum absolute atomic E-state index is 5.89. The summed E-state index contributed by atoms with van der Waals surface area (Å²) in [5.74, 6) is 1.93. The number of hydrogen-bond acceptors (Lipinski definition) is 3. The van der Waals surface area contributed by atoms with Crippen LogP contribution in [0.2, 0.25) is 0 Å². The molecule has 0 spiro atoms. The first kappa shape index (κ1) is 25.0. The summed E-state index contributed by atoms with van der Waals surface area (Å²) in [5.41, 5.74) is 13.7. The number of benzene rings is 4. The fraction of sp³-hybridized carbons (Fsp3) is 0.118. The van der Waals surface area contributed by atoms with Crippen molar-refractivity contribution < 1.29 is 0 Å². The third-order valence-corrected chi connectivity index (χ3v) is 6.72. The summed E-state index contributed by atoms with van der Waals surface area (Å²) in [6.45, 7) is 0.557. The van der Waals surface area contributed by atoms with Gasteiger partial charge >= 0.3 is 0 Å². The van der Waals surface area contributed by atoms with Crippen LogP contribution in [0.4, 0.5) is 5.69 Å². The van der Waals surface area contributed by atoms with Gasteiger partial charge in [0.25, 0.3) is 0 Å². The van der Waals surface area contributed by atoms with E-state index in [0.29, 0.717) is 12.5 Å². The zero-order valence-electron chi connectivity index (χ0n) is 21.6. The van der Waals surface area contributed by atoms with E-state index in [4.69, 9.17) is 10.7 Å². The second-order valence-corrected chi connectivity index (χ2v) is 9.35. The minimum atomic E-state index is 0.343. The van der Waals surface area contributed by atoms with Gasteiger partial charge in [-0.2, -0.15) is 0 Å². The molecule has 4 aromatic rings. The molecule has 0 aliphatic heterocycles. The Kier molecular flexibility index (Phi) is 7.90. The predicted molar refractivity (Wildman–Crippen MR) is 160 cm³/mol. The summed E-state index contributed by atoms with van der Waals surface area (Å²) in [6.07, 6.45) is 7.60. The molecule has 1 unspecified atom stereocenters. The van der Waals surface area contributed by atoms with Gasteiger partial charge in [0.2, 0.25) is 0 Å². The molecule has 1 aliphatic carbocycles. The molecule has 4 nitrogen and oxygen atoms in total. The van der Waals surface area contributed by atoms with Crippen molar-refractivity contribution in [2.45, 2.75) is 18.9 Å². The fourth-order valence-electron chi connectivity index (χ4n) is 4.67. The lowest BCUT2D eigenvalue weighted by Gasteiger charge is -2.20. The Morgan fingerprint density at radius 3 is 2.18 bits per heavy atom. The molecular weight excluding hydrogens is 464 g/mol. The monoisotopic (exact) mass is 496 g/mol. The Morgan fingerprint density at radius 2 is 1.50 bits per heavy atom. The molecule has 0 saturated heterocycles. The Morgan fingerprint density at radius 1 is 0.816 bits per heavy atom. The van der Waals surface area contributed by atoms with E-state index in [9.17, 15) is 0 Å². The normalized spacial score (nSPS) is 15.7. The van der Waals surface area contributed by atoms with Crippen molar-refractivity contribution in [1.29, 1.82) is 0 Å². The highest BCUT2D eigenvalue weighted by atomic mass is 15.1. The minimum Gasteiger partial charge on any atom is -0.399 e. The molecule has 0 saturated carbocycles. The summed E-state index contributed by atoms with van der Waals surface area (Å²) >= 11 is 0. The predicted octanol–water partition coefficient (Wildman–Crippen LogP) is 7.01. The lowest BCUT2D eigenvalue weighted by molar-refractivity contribution is 0.867. The van der Waals surface area contributed by atoms with Crippen LogP contribution in [-0.2, 0) is 6.54 Å². The third-order valence-electron chi connectivity index (χ3n) is 6.72. The van der Waals surface area contributed by atoms with E-state index in [1.54, 1.807) is 7.05 Å². The first-order valence-corrected chi connectivity index (χ1v) is 12.9. The second kappa shape index (κ2) is 12.0. The van der Waals surface area contributed by atoms with E-state index < -0.39 is 0 Å². The average molecular weight is 497 g/mol. The largest absolute Gasteiger partial charge is 0.399 e. The lowest BCUT2D eigenvalue weighted by Crippen LogP contribution is -2.32. The molecule has 0 aromatic heterocycles. The number of hydrogen-bond donors (Lipinski definition) is 2. The van der Waals surface area contributed by atoms with Crippen molar-refractivity contribution in [2.75, 3.05) is 12.8 Å². The molecule has 0 fully saturated rings. The van der Waals surface area contributed by atoms with Gasteiger partial charge in [0.05, 0.1) is 6.54 Å². The van der Waals surface area contributed by atoms with Crippen LogP contribution < -0.4 is 11.1 Å². The highest BCUT2D eigenvalue weighted by Crippen LogP contribution is 2.34. The van der Waals surface area contributed by atoms with Crippen LogP contribution in [0.15, 0.2) is 137 Å². The Balaban J connectivity index is 1.37. The first-order chi connectivity index (χ1) is 18.7. The number of nitrogens with one attached hydrogen (secondary N) is 1. The van der Waals surface area contributed by atoms with Crippen molar-refractivity contribution in [3.05, 3.63) is 155 Å². The standard InChI is InChI=1S/C34H32N4/c1-36-33(27-11-4-2-5-12-27)38-34(28-13-6-3-7-14-28)37-24-25-10-8-15-29(22-25)31-17-9-16-30(23-31)26-18-20-32(35)21-19-26/h2-22,30H,23-24,35H2,1H3,(H,36,37,38). The molecule has 4 heteroatoms. The highest BCUT2D eigenvalue weighted by Gasteiger charge is 2.15. The third kappa shape index (κ3) is 6.16. The van der Waals surface area contributed by atoms with Crippen LogP contribution in [-0.4, -0.2) is 18.7 Å². The molecule has 3 N–H and O–H groups in total. The van der Waals surface area contributed by atoms with Gasteiger partial charge in [0.1, 0.15) is 11.7 Å². The molecule has 188 valence electrons. The van der Waals surface area contributed by atoms with Gasteiger partial charge in [-0.25, -0.2) is 0 Å². The molecule has 38 heavy (non-hydrogen) atoms. The molecular formula is C34H32N4. The fourth-order valence-corrected chi connectivity index (χ4v) is 4.67. The SMILES string of the molecule is CN=C(NC(=NCc1cccc(C2=CC=CC(c3ccc(N)cc3)C2)c1)c1ccccc1)c1ccccc1. The Bertz CT molecular complexity index is 1480. The molecule has 0 radical (unpaired) electrons. The van der Waals surface area contributed by atoms with Crippen molar-refractivity contribution >= 4 is 22.9 Å². The molecule has 5 rings (SSSR count). The number of aliphatic imine (C=N–C) groups is 2. The molecule has 1 aliphatic rings. The first-order valence-electron chi connectivity index (χ1n) is 12.9. The van der Waals surface area contributed by atoms with Crippen molar-refractivity contribution in [3.8, 4) is 0 Å². The van der Waals surface area contributed by atoms with E-state index in [1.165, 1.54) is 16.7 Å². The maximum atomic E-state index is 5.89. The van der Waals surface area contributed by atoms with E-state index >= 15 is 0 Å². The molecule has 0 bridgehead atoms. The number of amidine groups is 2. The minimum absolute atomic E-state index is 0.343. The topological polar surface area (TPSA) is 62.8 Å². The smallest absolute Gasteiger partial charge is 0.134 e. The van der Waals surface area contributed by atoms with Gasteiger partial charge in [0, 0.05) is 29.8 Å². The highest BCUT2D eigenvalue weighted by molar-refractivity contribution is 6.14. The van der Waals surface area contributed by atoms with Crippen LogP contribution >= 0.6 is 0 Å². The Hall–Kier alpha value is -4.70. The van der Waals surface area contributed by atoms with Crippen LogP contribution in [0.1, 0.15) is 40.2 Å². The molecule has 0 heterocycles. The van der Waals surface area contributed by atoms with Crippen molar-refractivity contribution in [1.82, 2.24) is 5.32 Å². The van der Waals surface area contributed by atoms with Crippen molar-refractivity contribution in [2.24, 2.45) is 9.98 Å². The number of allylic oxidation sites excluding steroid dienone is 4. The van der Waals surface area contributed by atoms with Gasteiger partial charge in [-0.3, -0.25) is 9.98 Å². The van der Waals surface area contributed by atoms with Crippen LogP contribution in [0.3, 0.4) is 0 Å². The van der Waals surface area contributed by atoms with Crippen LogP contribution in [0, 0.1) is 0 Å². The number of nitrogens with zero attached hydrogens (tertiary/aromatic N) is 2. The summed E-state index contributed by atoms with van der Waals surface area (Å²) in [6, 6.07) is 37.2. The van der Waals surface area contributed by atoms with Gasteiger partial charge in [-0.05, 0) is 46.9 Å². The number of anilines is 1. The van der Waals surface area contributed by atoms with E-state index in [1.807, 2.05) is 60.7 Å². The second-order valence-electron chi connectivity index (χ2n) is 9.35. The van der Waals surface area contributed by atoms with E-state index in [2.05, 4.69) is 77.1 Å². The summed E-state index contributed by atoms with van der Waals surface area (Å²) < 4.78 is 0. The lowest BCUT2D eigenvalue weighted by atomic mass is 9.85. The number of nitrogen functional groups attached to an aromatic ring is 1. The quantitative estimate of drug-likeness (QED) is 0.171. The van der Waals surface area contributed by atoms with Crippen LogP contribution in [0.5, 0.6) is 0 Å². The molecule has 4 aromatic carbocycles. The number of rotatable bonds is 6. The van der Waals surface area contributed by atoms with E-state index in [0.717, 1.165) is 40.5 Å². The van der Waals surface area contributed by atoms with Gasteiger partial charge in [0.15, 0.2) is 0 Å². The average Bonchev–Trinajstić information content (AvgIpc) is 2.99. The zero-order chi connectivity index (χ0) is 26.2. The zero-order valence-corrected chi connectivity index (χ0v) is 21.6. The molecule has 1 atom stereocenters. The summed E-state index contributed by atoms with van der Waals surface area (Å²) in [5, 5.41) is 3.48. The van der Waals surface area contributed by atoms with Crippen LogP contribution in [0.25, 0.3) is 5.57 Å².